The van der Waals surface area contributed by atoms with Crippen molar-refractivity contribution in [2.75, 3.05) is 162 Å². The smallest absolute Gasteiger partial charge is 0.263 e. The second-order valence-electron chi connectivity index (χ2n) is 29.2. The van der Waals surface area contributed by atoms with Gasteiger partial charge in [-0.2, -0.15) is 0 Å². The summed E-state index contributed by atoms with van der Waals surface area (Å²) in [6.07, 6.45) is 11.5. The first-order valence-corrected chi connectivity index (χ1v) is 38.7. The van der Waals surface area contributed by atoms with Crippen molar-refractivity contribution in [1.82, 2.24) is 89.6 Å². The topological polar surface area (TPSA) is 316 Å². The summed E-state index contributed by atoms with van der Waals surface area (Å²) >= 11 is 0. The van der Waals surface area contributed by atoms with Crippen LogP contribution in [0.1, 0.15) is 74.3 Å². The van der Waals surface area contributed by atoms with Crippen LogP contribution in [0.4, 0.5) is 78.3 Å². The lowest BCUT2D eigenvalue weighted by molar-refractivity contribution is 0.0641. The molecule has 0 aliphatic carbocycles. The molecule has 0 saturated carbocycles. The number of ether oxygens (including phenoxy) is 3. The SMILES string of the molecule is CCN1CCN(c2ccc(Nc3ncnc(Oc4cc(F)c5[nH]c(C)cc5c4F)c3C(=O)N3CCC3)nc2)CC1.Cc1cc2c(F)c(Oc3ncnc(Nc4ccc(N5CCN(C)CC5)cn4)c3C(=O)N3CCC3)cc(F)c2[nH]1.Cc1cc2c(F)c(Oc3ncnc(Nc4ccc(N5CCNCC5)cn4)c3C(=O)N3CCC3)cc(F)c2[nH]1. The van der Waals surface area contributed by atoms with Gasteiger partial charge in [0.2, 0.25) is 17.6 Å². The van der Waals surface area contributed by atoms with E-state index in [1.54, 1.807) is 60.1 Å². The summed E-state index contributed by atoms with van der Waals surface area (Å²) in [4.78, 5) is 104. The number of likely N-dealkylation sites (N-methyl/N-ethyl adjacent to an activating group) is 2. The summed E-state index contributed by atoms with van der Waals surface area (Å²) in [5.74, 6) is -5.18. The standard InChI is InChI=1S/C28H30F2N8O2.C27H28F2N8O2.C26H26F2N8O2/c1-3-36-9-11-37(12-10-36)18-5-6-22(31-15-18)35-26-23(28(39)38-7-4-8-38)27(33-16-32-26)40-21-14-20(29)25-19(24(21)30)13-17(2)34-25;1-16-12-18-23(29)20(13-19(28)24(18)33-16)39-26-22(27(38)37-6-3-7-37)25(31-15-32-26)34-21-5-4-17(14-30-21)36-10-8-35(2)9-11-36;1-15-11-17-22(28)19(12-18(27)23(17)33-15)38-25-21(26(37)36-7-2-8-36)24(31-14-32-25)34-20-4-3-16(13-30-20)35-9-5-29-6-10-35/h5-6,13-16,34H,3-4,7-12H2,1-2H3,(H,31,32,33,35);4-5,12-15,33H,3,6-11H2,1-2H3,(H,30,31,32,34);3-4,11-14,29,33H,2,5-10H2,1H3,(H,30,31,32,34). The van der Waals surface area contributed by atoms with Crippen molar-refractivity contribution in [1.29, 1.82) is 0 Å². The van der Waals surface area contributed by atoms with Gasteiger partial charge >= 0.3 is 0 Å². The number of piperazine rings is 3. The molecule has 6 aliphatic rings. The van der Waals surface area contributed by atoms with Crippen LogP contribution < -0.4 is 50.2 Å². The van der Waals surface area contributed by atoms with E-state index < -0.39 is 34.9 Å². The van der Waals surface area contributed by atoms with Gasteiger partial charge in [0.1, 0.15) is 53.1 Å². The first-order valence-electron chi connectivity index (χ1n) is 38.7. The minimum Gasteiger partial charge on any atom is -0.435 e. The minimum atomic E-state index is -0.758. The Morgan fingerprint density at radius 3 is 1.01 bits per heavy atom. The lowest BCUT2D eigenvalue weighted by Crippen LogP contribution is -2.46. The van der Waals surface area contributed by atoms with Gasteiger partial charge in [0.05, 0.1) is 52.2 Å². The number of anilines is 9. The molecular formula is C81H84F6N24O6. The maximum atomic E-state index is 15.3. The molecule has 6 aliphatic heterocycles. The van der Waals surface area contributed by atoms with E-state index >= 15 is 13.2 Å². The number of hydrogen-bond donors (Lipinski definition) is 7. The van der Waals surface area contributed by atoms with Gasteiger partial charge in [-0.05, 0) is 108 Å². The number of halogens is 6. The highest BCUT2D eigenvalue weighted by molar-refractivity contribution is 6.04. The predicted molar refractivity (Wildman–Crippen MR) is 428 cm³/mol. The van der Waals surface area contributed by atoms with E-state index in [4.69, 9.17) is 14.2 Å². The largest absolute Gasteiger partial charge is 0.435 e. The summed E-state index contributed by atoms with van der Waals surface area (Å²) in [7, 11) is 2.10. The number of hydrogen-bond acceptors (Lipinski definition) is 24. The molecule has 15 heterocycles. The number of amides is 3. The van der Waals surface area contributed by atoms with Gasteiger partial charge in [0.25, 0.3) is 17.7 Å². The van der Waals surface area contributed by atoms with Gasteiger partial charge in [0.15, 0.2) is 69.6 Å². The number of aromatic amines is 3. The molecule has 36 heteroatoms. The number of fused-ring (bicyclic) bond motifs is 3. The highest BCUT2D eigenvalue weighted by Gasteiger charge is 2.35. The lowest BCUT2D eigenvalue weighted by Gasteiger charge is -2.35. The van der Waals surface area contributed by atoms with Crippen molar-refractivity contribution < 1.29 is 54.9 Å². The van der Waals surface area contributed by atoms with Crippen LogP contribution in [0.25, 0.3) is 32.7 Å². The number of benzene rings is 3. The van der Waals surface area contributed by atoms with Crippen LogP contribution >= 0.6 is 0 Å². The second-order valence-corrected chi connectivity index (χ2v) is 29.2. The monoisotopic (exact) mass is 1600 g/mol. The third-order valence-electron chi connectivity index (χ3n) is 21.4. The fraction of sp³-hybridized carbons (Fsp3) is 0.333. The number of carbonyl (C=O) groups excluding carboxylic acids is 3. The normalized spacial score (nSPS) is 15.7. The van der Waals surface area contributed by atoms with Crippen LogP contribution in [0.2, 0.25) is 0 Å². The number of carbonyl (C=O) groups is 3. The number of nitrogens with zero attached hydrogens (tertiary/aromatic N) is 17. The average Bonchev–Trinajstić information content (AvgIpc) is 1.77. The molecule has 0 bridgehead atoms. The summed E-state index contributed by atoms with van der Waals surface area (Å²) in [6.45, 7) is 23.0. The zero-order valence-corrected chi connectivity index (χ0v) is 64.8. The third kappa shape index (κ3) is 16.7. The van der Waals surface area contributed by atoms with Gasteiger partial charge < -0.3 is 89.6 Å². The van der Waals surface area contributed by atoms with Crippen LogP contribution in [0.3, 0.4) is 0 Å². The van der Waals surface area contributed by atoms with E-state index in [9.17, 15) is 27.6 Å². The molecule has 6 saturated heterocycles. The van der Waals surface area contributed by atoms with Crippen LogP contribution in [-0.4, -0.2) is 233 Å². The predicted octanol–water partition coefficient (Wildman–Crippen LogP) is 12.3. The number of rotatable bonds is 19. The Hall–Kier alpha value is -13.0. The Morgan fingerprint density at radius 1 is 0.402 bits per heavy atom. The third-order valence-corrected chi connectivity index (χ3v) is 21.4. The van der Waals surface area contributed by atoms with Crippen LogP contribution in [0.15, 0.2) is 110 Å². The van der Waals surface area contributed by atoms with Gasteiger partial charge in [0, 0.05) is 169 Å². The van der Waals surface area contributed by atoms with Crippen molar-refractivity contribution in [3.63, 3.8) is 0 Å². The first-order chi connectivity index (χ1) is 56.7. The maximum absolute atomic E-state index is 15.3. The molecule has 117 heavy (non-hydrogen) atoms. The van der Waals surface area contributed by atoms with Gasteiger partial charge in [-0.1, -0.05) is 6.92 Å². The maximum Gasteiger partial charge on any atom is 0.263 e. The molecule has 30 nitrogen and oxygen atoms in total. The Kier molecular flexibility index (Phi) is 22.6. The molecule has 18 rings (SSSR count). The Bertz CT molecular complexity index is 5670. The summed E-state index contributed by atoms with van der Waals surface area (Å²) in [5, 5.41) is 12.7. The summed E-state index contributed by atoms with van der Waals surface area (Å²) in [5.41, 5.74) is 5.03. The molecule has 12 aromatic rings. The summed E-state index contributed by atoms with van der Waals surface area (Å²) in [6, 6.07) is 18.6. The molecule has 3 aromatic carbocycles. The highest BCUT2D eigenvalue weighted by atomic mass is 19.1. The van der Waals surface area contributed by atoms with Gasteiger partial charge in [-0.3, -0.25) is 14.4 Å². The molecule has 0 atom stereocenters. The Labute approximate surface area is 667 Å². The number of H-pyrrole nitrogens is 3. The van der Waals surface area contributed by atoms with E-state index in [-0.39, 0.29) is 119 Å². The van der Waals surface area contributed by atoms with E-state index in [0.29, 0.717) is 73.8 Å². The van der Waals surface area contributed by atoms with E-state index in [1.807, 2.05) is 30.3 Å². The quantitative estimate of drug-likeness (QED) is 0.0370. The lowest BCUT2D eigenvalue weighted by atomic mass is 10.1. The van der Waals surface area contributed by atoms with Gasteiger partial charge in [-0.25, -0.2) is 71.2 Å². The Balaban J connectivity index is 0.000000131. The van der Waals surface area contributed by atoms with Crippen molar-refractivity contribution in [3.05, 3.63) is 179 Å². The van der Waals surface area contributed by atoms with E-state index in [0.717, 1.165) is 140 Å². The molecule has 9 aromatic heterocycles. The Morgan fingerprint density at radius 2 is 0.718 bits per heavy atom. The molecule has 0 radical (unpaired) electrons. The number of aryl methyl sites for hydroxylation is 3. The number of nitrogens with one attached hydrogen (secondary N) is 7. The van der Waals surface area contributed by atoms with Crippen molar-refractivity contribution in [2.24, 2.45) is 0 Å². The highest BCUT2D eigenvalue weighted by Crippen LogP contribution is 2.41. The van der Waals surface area contributed by atoms with Crippen molar-refractivity contribution >= 4 is 102 Å². The number of aromatic nitrogens is 12. The molecule has 7 N–H and O–H groups in total. The zero-order valence-electron chi connectivity index (χ0n) is 64.8. The van der Waals surface area contributed by atoms with Crippen molar-refractivity contribution in [3.8, 4) is 34.9 Å². The summed E-state index contributed by atoms with van der Waals surface area (Å²) < 4.78 is 107. The van der Waals surface area contributed by atoms with E-state index in [2.05, 4.69) is 120 Å². The second kappa shape index (κ2) is 33.8. The minimum absolute atomic E-state index is 0.0188. The van der Waals surface area contributed by atoms with E-state index in [1.165, 1.54) is 37.2 Å². The van der Waals surface area contributed by atoms with Crippen LogP contribution in [0.5, 0.6) is 34.9 Å². The van der Waals surface area contributed by atoms with Gasteiger partial charge in [-0.15, -0.1) is 0 Å². The molecule has 6 fully saturated rings. The molecule has 0 unspecified atom stereocenters. The van der Waals surface area contributed by atoms with Crippen LogP contribution in [-0.2, 0) is 0 Å². The zero-order chi connectivity index (χ0) is 81.1. The molecule has 606 valence electrons. The molecule has 3 amide bonds. The van der Waals surface area contributed by atoms with Crippen molar-refractivity contribution in [2.45, 2.75) is 47.0 Å². The fourth-order valence-electron chi connectivity index (χ4n) is 14.4. The van der Waals surface area contributed by atoms with Crippen LogP contribution in [0, 0.1) is 55.7 Å². The molecule has 0 spiro atoms. The molecular weight excluding hydrogens is 1520 g/mol. The number of likely N-dealkylation sites (tertiary alicyclic amines) is 3. The average molecular weight is 1600 g/mol. The fourth-order valence-corrected chi connectivity index (χ4v) is 14.4. The first kappa shape index (κ1) is 78.0. The number of pyridine rings is 3.